The van der Waals surface area contributed by atoms with Crippen LogP contribution in [0.1, 0.15) is 19.4 Å². The van der Waals surface area contributed by atoms with E-state index < -0.39 is 6.10 Å². The van der Waals surface area contributed by atoms with Gasteiger partial charge >= 0.3 is 0 Å². The van der Waals surface area contributed by atoms with Gasteiger partial charge in [-0.3, -0.25) is 9.59 Å². The third kappa shape index (κ3) is 3.71. The molecule has 3 rings (SSSR count). The van der Waals surface area contributed by atoms with Crippen molar-refractivity contribution < 1.29 is 14.3 Å². The fourth-order valence-electron chi connectivity index (χ4n) is 2.73. The number of amides is 2. The van der Waals surface area contributed by atoms with Gasteiger partial charge in [0.25, 0.3) is 5.91 Å². The van der Waals surface area contributed by atoms with E-state index in [2.05, 4.69) is 5.32 Å². The van der Waals surface area contributed by atoms with Crippen LogP contribution in [0.25, 0.3) is 6.08 Å². The molecule has 0 aromatic heterocycles. The second-order valence-corrected chi connectivity index (χ2v) is 5.76. The van der Waals surface area contributed by atoms with E-state index in [0.29, 0.717) is 18.0 Å². The van der Waals surface area contributed by atoms with Crippen molar-refractivity contribution in [3.8, 4) is 5.75 Å². The first-order valence-electron chi connectivity index (χ1n) is 8.24. The smallest absolute Gasteiger partial charge is 0.267 e. The molecule has 25 heavy (non-hydrogen) atoms. The summed E-state index contributed by atoms with van der Waals surface area (Å²) in [6.45, 7) is 4.22. The third-order valence-electron chi connectivity index (χ3n) is 3.98. The lowest BCUT2D eigenvalue weighted by Gasteiger charge is -2.32. The summed E-state index contributed by atoms with van der Waals surface area (Å²) in [6, 6.07) is 14.9. The van der Waals surface area contributed by atoms with E-state index in [-0.39, 0.29) is 11.8 Å². The van der Waals surface area contributed by atoms with E-state index in [1.807, 2.05) is 37.3 Å². The van der Waals surface area contributed by atoms with Crippen molar-refractivity contribution in [2.75, 3.05) is 16.8 Å². The number of anilines is 2. The Labute approximate surface area is 146 Å². The maximum absolute atomic E-state index is 12.1. The van der Waals surface area contributed by atoms with Crippen LogP contribution in [0.4, 0.5) is 11.4 Å². The fourth-order valence-corrected chi connectivity index (χ4v) is 2.73. The van der Waals surface area contributed by atoms with Crippen LogP contribution in [-0.4, -0.2) is 24.5 Å². The van der Waals surface area contributed by atoms with Crippen LogP contribution in [0.2, 0.25) is 0 Å². The number of nitrogens with zero attached hydrogens (tertiary/aromatic N) is 1. The molecule has 5 nitrogen and oxygen atoms in total. The number of rotatable bonds is 4. The number of likely N-dealkylation sites (N-methyl/N-ethyl adjacent to an activating group) is 1. The standard InChI is InChI=1S/C20H20N2O3/c1-3-22-17-11-10-16(13-18(17)25-14(2)20(22)24)21-19(23)12-9-15-7-5-4-6-8-15/h4-14H,3H2,1-2H3,(H,21,23)/b12-9+. The Hall–Kier alpha value is -3.08. The summed E-state index contributed by atoms with van der Waals surface area (Å²) in [5.74, 6) is 0.312. The number of ether oxygens (including phenoxy) is 1. The molecule has 0 aliphatic carbocycles. The quantitative estimate of drug-likeness (QED) is 0.870. The third-order valence-corrected chi connectivity index (χ3v) is 3.98. The van der Waals surface area contributed by atoms with Crippen molar-refractivity contribution >= 4 is 29.3 Å². The summed E-state index contributed by atoms with van der Waals surface area (Å²) < 4.78 is 5.67. The Morgan fingerprint density at radius 2 is 2.00 bits per heavy atom. The molecule has 0 bridgehead atoms. The molecule has 0 radical (unpaired) electrons. The number of hydrogen-bond donors (Lipinski definition) is 1. The summed E-state index contributed by atoms with van der Waals surface area (Å²) in [5, 5.41) is 2.81. The molecule has 2 aromatic rings. The first-order chi connectivity index (χ1) is 12.1. The Kier molecular flexibility index (Phi) is 4.84. The van der Waals surface area contributed by atoms with Crippen LogP contribution >= 0.6 is 0 Å². The lowest BCUT2D eigenvalue weighted by atomic mass is 10.1. The van der Waals surface area contributed by atoms with E-state index in [0.717, 1.165) is 11.3 Å². The second kappa shape index (κ2) is 7.21. The van der Waals surface area contributed by atoms with Gasteiger partial charge in [-0.15, -0.1) is 0 Å². The van der Waals surface area contributed by atoms with E-state index in [1.54, 1.807) is 36.1 Å². The van der Waals surface area contributed by atoms with Gasteiger partial charge in [0.05, 0.1) is 5.69 Å². The zero-order valence-electron chi connectivity index (χ0n) is 14.2. The number of carbonyl (C=O) groups is 2. The van der Waals surface area contributed by atoms with Gasteiger partial charge in [-0.25, -0.2) is 0 Å². The Balaban J connectivity index is 1.74. The van der Waals surface area contributed by atoms with Gasteiger partial charge < -0.3 is 15.0 Å². The van der Waals surface area contributed by atoms with Gasteiger partial charge in [0.15, 0.2) is 6.10 Å². The zero-order chi connectivity index (χ0) is 17.8. The minimum atomic E-state index is -0.531. The highest BCUT2D eigenvalue weighted by Gasteiger charge is 2.30. The van der Waals surface area contributed by atoms with Crippen LogP contribution in [-0.2, 0) is 9.59 Å². The molecule has 1 heterocycles. The number of carbonyl (C=O) groups excluding carboxylic acids is 2. The average Bonchev–Trinajstić information content (AvgIpc) is 2.62. The van der Waals surface area contributed by atoms with Crippen LogP contribution < -0.4 is 15.0 Å². The molecule has 2 aromatic carbocycles. The van der Waals surface area contributed by atoms with Gasteiger partial charge in [0.2, 0.25) is 5.91 Å². The van der Waals surface area contributed by atoms with E-state index in [1.165, 1.54) is 6.08 Å². The first kappa shape index (κ1) is 16.8. The van der Waals surface area contributed by atoms with E-state index in [4.69, 9.17) is 4.74 Å². The first-order valence-corrected chi connectivity index (χ1v) is 8.24. The van der Waals surface area contributed by atoms with Crippen molar-refractivity contribution in [3.05, 3.63) is 60.2 Å². The molecule has 1 aliphatic heterocycles. The molecule has 1 atom stereocenters. The fraction of sp³-hybridized carbons (Fsp3) is 0.200. The van der Waals surface area contributed by atoms with Crippen molar-refractivity contribution in [3.63, 3.8) is 0 Å². The lowest BCUT2D eigenvalue weighted by Crippen LogP contribution is -2.44. The molecule has 1 aliphatic rings. The summed E-state index contributed by atoms with van der Waals surface area (Å²) in [6.07, 6.45) is 2.71. The molecular weight excluding hydrogens is 316 g/mol. The maximum Gasteiger partial charge on any atom is 0.267 e. The molecule has 1 unspecified atom stereocenters. The predicted molar refractivity (Wildman–Crippen MR) is 98.7 cm³/mol. The number of benzene rings is 2. The molecule has 0 saturated carbocycles. The molecule has 128 valence electrons. The lowest BCUT2D eigenvalue weighted by molar-refractivity contribution is -0.125. The van der Waals surface area contributed by atoms with Crippen molar-refractivity contribution in [2.24, 2.45) is 0 Å². The molecule has 0 saturated heterocycles. The van der Waals surface area contributed by atoms with Crippen molar-refractivity contribution in [2.45, 2.75) is 20.0 Å². The highest BCUT2D eigenvalue weighted by atomic mass is 16.5. The molecule has 0 fully saturated rings. The molecule has 1 N–H and O–H groups in total. The highest BCUT2D eigenvalue weighted by molar-refractivity contribution is 6.03. The Bertz CT molecular complexity index is 815. The van der Waals surface area contributed by atoms with Crippen LogP contribution in [0, 0.1) is 0 Å². The van der Waals surface area contributed by atoms with Gasteiger partial charge in [-0.05, 0) is 37.6 Å². The van der Waals surface area contributed by atoms with Gasteiger partial charge in [-0.1, -0.05) is 30.3 Å². The summed E-state index contributed by atoms with van der Waals surface area (Å²) in [5.41, 5.74) is 2.31. The Morgan fingerprint density at radius 1 is 1.24 bits per heavy atom. The molecule has 5 heteroatoms. The minimum Gasteiger partial charge on any atom is -0.479 e. The molecule has 0 spiro atoms. The summed E-state index contributed by atoms with van der Waals surface area (Å²) in [4.78, 5) is 25.9. The number of fused-ring (bicyclic) bond motifs is 1. The summed E-state index contributed by atoms with van der Waals surface area (Å²) in [7, 11) is 0. The number of nitrogens with one attached hydrogen (secondary N) is 1. The van der Waals surface area contributed by atoms with Gasteiger partial charge in [0, 0.05) is 24.4 Å². The SMILES string of the molecule is CCN1C(=O)C(C)Oc2cc(NC(=O)/C=C/c3ccccc3)ccc21. The molecule has 2 amide bonds. The van der Waals surface area contributed by atoms with Gasteiger partial charge in [-0.2, -0.15) is 0 Å². The number of hydrogen-bond acceptors (Lipinski definition) is 3. The largest absolute Gasteiger partial charge is 0.479 e. The van der Waals surface area contributed by atoms with Crippen molar-refractivity contribution in [1.29, 1.82) is 0 Å². The highest BCUT2D eigenvalue weighted by Crippen LogP contribution is 2.36. The van der Waals surface area contributed by atoms with Crippen LogP contribution in [0.3, 0.4) is 0 Å². The minimum absolute atomic E-state index is 0.0578. The monoisotopic (exact) mass is 336 g/mol. The second-order valence-electron chi connectivity index (χ2n) is 5.76. The molecular formula is C20H20N2O3. The Morgan fingerprint density at radius 3 is 2.72 bits per heavy atom. The van der Waals surface area contributed by atoms with Crippen molar-refractivity contribution in [1.82, 2.24) is 0 Å². The topological polar surface area (TPSA) is 58.6 Å². The van der Waals surface area contributed by atoms with Crippen LogP contribution in [0.15, 0.2) is 54.6 Å². The predicted octanol–water partition coefficient (Wildman–Crippen LogP) is 3.47. The maximum atomic E-state index is 12.1. The summed E-state index contributed by atoms with van der Waals surface area (Å²) >= 11 is 0. The van der Waals surface area contributed by atoms with Crippen LogP contribution in [0.5, 0.6) is 5.75 Å². The van der Waals surface area contributed by atoms with E-state index >= 15 is 0 Å². The average molecular weight is 336 g/mol. The zero-order valence-corrected chi connectivity index (χ0v) is 14.2. The van der Waals surface area contributed by atoms with E-state index in [9.17, 15) is 9.59 Å². The van der Waals surface area contributed by atoms with Gasteiger partial charge in [0.1, 0.15) is 5.75 Å². The normalized spacial score (nSPS) is 16.5.